The fourth-order valence-electron chi connectivity index (χ4n) is 2.30. The third-order valence-electron chi connectivity index (χ3n) is 3.17. The maximum atomic E-state index is 4.47. The number of nitrogens with zero attached hydrogens (tertiary/aromatic N) is 2. The highest BCUT2D eigenvalue weighted by atomic mass is 15.3. The van der Waals surface area contributed by atoms with E-state index < -0.39 is 0 Å². The molecule has 0 fully saturated rings. The summed E-state index contributed by atoms with van der Waals surface area (Å²) in [5, 5.41) is 4.47. The van der Waals surface area contributed by atoms with Gasteiger partial charge in [0.15, 0.2) is 0 Å². The molecule has 1 aliphatic rings. The summed E-state index contributed by atoms with van der Waals surface area (Å²) >= 11 is 0. The summed E-state index contributed by atoms with van der Waals surface area (Å²) < 4.78 is 2.06. The Morgan fingerprint density at radius 2 is 2.08 bits per heavy atom. The lowest BCUT2D eigenvalue weighted by Crippen LogP contribution is -2.23. The van der Waals surface area contributed by atoms with E-state index in [0.29, 0.717) is 5.41 Å². The van der Waals surface area contributed by atoms with Crippen LogP contribution in [0.3, 0.4) is 0 Å². The molecule has 72 valence electrons. The Labute approximate surface area is 80.0 Å². The van der Waals surface area contributed by atoms with Crippen molar-refractivity contribution in [3.05, 3.63) is 17.0 Å². The van der Waals surface area contributed by atoms with Gasteiger partial charge in [0, 0.05) is 12.7 Å². The van der Waals surface area contributed by atoms with Crippen molar-refractivity contribution in [3.8, 4) is 0 Å². The van der Waals surface area contributed by atoms with Crippen LogP contribution in [0, 0.1) is 12.3 Å². The van der Waals surface area contributed by atoms with E-state index in [9.17, 15) is 0 Å². The second-order valence-electron chi connectivity index (χ2n) is 4.98. The lowest BCUT2D eigenvalue weighted by Gasteiger charge is -2.29. The molecule has 0 aromatic carbocycles. The van der Waals surface area contributed by atoms with Gasteiger partial charge < -0.3 is 0 Å². The van der Waals surface area contributed by atoms with Crippen LogP contribution in [0.2, 0.25) is 0 Å². The summed E-state index contributed by atoms with van der Waals surface area (Å²) in [4.78, 5) is 0. The number of rotatable bonds is 0. The fraction of sp³-hybridized carbons (Fsp3) is 0.727. The Morgan fingerprint density at radius 3 is 2.77 bits per heavy atom. The van der Waals surface area contributed by atoms with Gasteiger partial charge in [-0.2, -0.15) is 5.10 Å². The number of hydrogen-bond donors (Lipinski definition) is 0. The van der Waals surface area contributed by atoms with Gasteiger partial charge >= 0.3 is 0 Å². The molecule has 0 atom stereocenters. The number of hydrogen-bond acceptors (Lipinski definition) is 1. The minimum absolute atomic E-state index is 0.466. The summed E-state index contributed by atoms with van der Waals surface area (Å²) in [6, 6.07) is 0. The first-order valence-electron chi connectivity index (χ1n) is 5.01. The van der Waals surface area contributed by atoms with E-state index in [1.165, 1.54) is 36.2 Å². The van der Waals surface area contributed by atoms with Crippen molar-refractivity contribution in [3.63, 3.8) is 0 Å². The van der Waals surface area contributed by atoms with Gasteiger partial charge in [0.2, 0.25) is 0 Å². The topological polar surface area (TPSA) is 17.8 Å². The summed E-state index contributed by atoms with van der Waals surface area (Å²) in [6.07, 6.45) is 3.69. The van der Waals surface area contributed by atoms with Crippen LogP contribution in [-0.2, 0) is 19.9 Å². The van der Waals surface area contributed by atoms with Crippen LogP contribution in [-0.4, -0.2) is 9.78 Å². The fourth-order valence-corrected chi connectivity index (χ4v) is 2.30. The highest BCUT2D eigenvalue weighted by Crippen LogP contribution is 2.35. The molecule has 0 radical (unpaired) electrons. The Balaban J connectivity index is 2.45. The van der Waals surface area contributed by atoms with Crippen LogP contribution in [0.15, 0.2) is 0 Å². The van der Waals surface area contributed by atoms with E-state index in [0.717, 1.165) is 0 Å². The highest BCUT2D eigenvalue weighted by Gasteiger charge is 2.28. The summed E-state index contributed by atoms with van der Waals surface area (Å²) in [5.41, 5.74) is 4.65. The zero-order chi connectivity index (χ0) is 9.64. The minimum atomic E-state index is 0.466. The Morgan fingerprint density at radius 1 is 1.38 bits per heavy atom. The maximum Gasteiger partial charge on any atom is 0.0628 e. The third-order valence-corrected chi connectivity index (χ3v) is 3.17. The molecule has 0 bridgehead atoms. The smallest absolute Gasteiger partial charge is 0.0628 e. The molecule has 1 aliphatic carbocycles. The lowest BCUT2D eigenvalue weighted by molar-refractivity contribution is 0.306. The number of fused-ring (bicyclic) bond motifs is 1. The quantitative estimate of drug-likeness (QED) is 0.595. The van der Waals surface area contributed by atoms with Crippen LogP contribution in [0.25, 0.3) is 0 Å². The lowest BCUT2D eigenvalue weighted by atomic mass is 9.76. The van der Waals surface area contributed by atoms with Gasteiger partial charge in [-0.05, 0) is 37.2 Å². The van der Waals surface area contributed by atoms with Crippen molar-refractivity contribution in [1.82, 2.24) is 9.78 Å². The number of aryl methyl sites for hydroxylation is 2. The first-order chi connectivity index (χ1) is 5.99. The first-order valence-corrected chi connectivity index (χ1v) is 5.01. The highest BCUT2D eigenvalue weighted by molar-refractivity contribution is 5.29. The van der Waals surface area contributed by atoms with Crippen LogP contribution in [0.1, 0.15) is 37.2 Å². The molecule has 2 nitrogen and oxygen atoms in total. The second-order valence-corrected chi connectivity index (χ2v) is 4.98. The zero-order valence-electron chi connectivity index (χ0n) is 9.02. The molecule has 0 amide bonds. The van der Waals surface area contributed by atoms with E-state index in [4.69, 9.17) is 0 Å². The predicted molar refractivity (Wildman–Crippen MR) is 53.8 cm³/mol. The van der Waals surface area contributed by atoms with Crippen molar-refractivity contribution < 1.29 is 0 Å². The van der Waals surface area contributed by atoms with Crippen molar-refractivity contribution in [1.29, 1.82) is 0 Å². The summed E-state index contributed by atoms with van der Waals surface area (Å²) in [5.74, 6) is 0. The van der Waals surface area contributed by atoms with Crippen molar-refractivity contribution in [2.24, 2.45) is 12.5 Å². The van der Waals surface area contributed by atoms with E-state index in [1.54, 1.807) is 0 Å². The van der Waals surface area contributed by atoms with Gasteiger partial charge in [-0.15, -0.1) is 0 Å². The molecule has 1 aromatic rings. The average molecular weight is 178 g/mol. The van der Waals surface area contributed by atoms with Gasteiger partial charge in [0.05, 0.1) is 5.69 Å². The van der Waals surface area contributed by atoms with Crippen molar-refractivity contribution in [2.45, 2.75) is 40.0 Å². The zero-order valence-corrected chi connectivity index (χ0v) is 9.02. The van der Waals surface area contributed by atoms with E-state index in [-0.39, 0.29) is 0 Å². The Kier molecular flexibility index (Phi) is 1.76. The summed E-state index contributed by atoms with van der Waals surface area (Å²) in [7, 11) is 2.06. The van der Waals surface area contributed by atoms with Gasteiger partial charge in [-0.3, -0.25) is 4.68 Å². The SMILES string of the molecule is Cc1nn(C)c2c1CCC(C)(C)C2. The van der Waals surface area contributed by atoms with Crippen molar-refractivity contribution in [2.75, 3.05) is 0 Å². The molecule has 0 unspecified atom stereocenters. The third kappa shape index (κ3) is 1.38. The van der Waals surface area contributed by atoms with Gasteiger partial charge in [0.25, 0.3) is 0 Å². The van der Waals surface area contributed by atoms with E-state index in [2.05, 4.69) is 37.6 Å². The van der Waals surface area contributed by atoms with Crippen LogP contribution in [0.5, 0.6) is 0 Å². The van der Waals surface area contributed by atoms with E-state index in [1.807, 2.05) is 0 Å². The largest absolute Gasteiger partial charge is 0.272 e. The molecule has 0 aliphatic heterocycles. The van der Waals surface area contributed by atoms with Gasteiger partial charge in [-0.25, -0.2) is 0 Å². The standard InChI is InChI=1S/C11H18N2/c1-8-9-5-6-11(2,3)7-10(9)13(4)12-8/h5-7H2,1-4H3. The molecule has 0 saturated heterocycles. The first kappa shape index (κ1) is 8.79. The Bertz CT molecular complexity index is 334. The Hall–Kier alpha value is -0.790. The molecule has 0 N–H and O–H groups in total. The molecule has 1 heterocycles. The average Bonchev–Trinajstić information content (AvgIpc) is 2.26. The molecule has 1 aromatic heterocycles. The maximum absolute atomic E-state index is 4.47. The van der Waals surface area contributed by atoms with Crippen LogP contribution in [0.4, 0.5) is 0 Å². The molecule has 2 rings (SSSR count). The molecule has 0 saturated carbocycles. The van der Waals surface area contributed by atoms with E-state index >= 15 is 0 Å². The molecule has 2 heteroatoms. The normalized spacial score (nSPS) is 20.0. The van der Waals surface area contributed by atoms with Crippen LogP contribution >= 0.6 is 0 Å². The molecular weight excluding hydrogens is 160 g/mol. The van der Waals surface area contributed by atoms with Gasteiger partial charge in [-0.1, -0.05) is 13.8 Å². The molecular formula is C11H18N2. The van der Waals surface area contributed by atoms with Gasteiger partial charge in [0.1, 0.15) is 0 Å². The molecule has 13 heavy (non-hydrogen) atoms. The number of aromatic nitrogens is 2. The van der Waals surface area contributed by atoms with Crippen LogP contribution < -0.4 is 0 Å². The van der Waals surface area contributed by atoms with Crippen molar-refractivity contribution >= 4 is 0 Å². The molecule has 0 spiro atoms. The summed E-state index contributed by atoms with van der Waals surface area (Å²) in [6.45, 7) is 6.81. The predicted octanol–water partition coefficient (Wildman–Crippen LogP) is 2.24. The minimum Gasteiger partial charge on any atom is -0.272 e. The monoisotopic (exact) mass is 178 g/mol. The second kappa shape index (κ2) is 2.60.